The Labute approximate surface area is 140 Å². The van der Waals surface area contributed by atoms with Crippen LogP contribution in [0.1, 0.15) is 44.1 Å². The van der Waals surface area contributed by atoms with Gasteiger partial charge in [-0.3, -0.25) is 9.69 Å². The second-order valence-electron chi connectivity index (χ2n) is 6.66. The van der Waals surface area contributed by atoms with E-state index in [0.29, 0.717) is 19.2 Å². The van der Waals surface area contributed by atoms with Gasteiger partial charge in [0.05, 0.1) is 6.54 Å². The summed E-state index contributed by atoms with van der Waals surface area (Å²) in [6.45, 7) is 3.83. The number of nitrogens with one attached hydrogen (secondary N) is 1. The van der Waals surface area contributed by atoms with Crippen LogP contribution in [0.3, 0.4) is 0 Å². The molecule has 2 rings (SSSR count). The minimum absolute atomic E-state index is 0.134. The lowest BCUT2D eigenvalue weighted by Crippen LogP contribution is -2.41. The highest BCUT2D eigenvalue weighted by molar-refractivity contribution is 5.78. The molecule has 23 heavy (non-hydrogen) atoms. The number of hydrogen-bond acceptors (Lipinski definition) is 3. The van der Waals surface area contributed by atoms with Gasteiger partial charge in [-0.25, -0.2) is 0 Å². The molecule has 0 bridgehead atoms. The summed E-state index contributed by atoms with van der Waals surface area (Å²) >= 11 is 0. The van der Waals surface area contributed by atoms with Crippen LogP contribution in [0.5, 0.6) is 5.75 Å². The maximum absolute atomic E-state index is 12.1. The number of rotatable bonds is 7. The number of carbonyl (C=O) groups is 1. The van der Waals surface area contributed by atoms with Crippen molar-refractivity contribution in [3.8, 4) is 5.75 Å². The first kappa shape index (κ1) is 17.8. The first-order chi connectivity index (χ1) is 11.1. The average molecular weight is 318 g/mol. The van der Waals surface area contributed by atoms with Crippen molar-refractivity contribution in [2.45, 2.75) is 51.5 Å². The molecule has 0 aromatic heterocycles. The molecule has 4 heteroatoms. The maximum atomic E-state index is 12.1. The summed E-state index contributed by atoms with van der Waals surface area (Å²) in [4.78, 5) is 14.1. The zero-order chi connectivity index (χ0) is 16.5. The summed E-state index contributed by atoms with van der Waals surface area (Å²) in [7, 11) is 1.96. The van der Waals surface area contributed by atoms with Gasteiger partial charge in [-0.05, 0) is 44.5 Å². The number of hydrogen-bond donors (Lipinski definition) is 1. The molecular weight excluding hydrogens is 288 g/mol. The van der Waals surface area contributed by atoms with Gasteiger partial charge in [-0.2, -0.15) is 0 Å². The Hall–Kier alpha value is -1.55. The van der Waals surface area contributed by atoms with Gasteiger partial charge in [0.1, 0.15) is 12.4 Å². The van der Waals surface area contributed by atoms with Gasteiger partial charge < -0.3 is 10.1 Å². The van der Waals surface area contributed by atoms with E-state index in [2.05, 4.69) is 18.3 Å². The zero-order valence-electron chi connectivity index (χ0n) is 14.5. The molecule has 4 nitrogen and oxygen atoms in total. The molecule has 1 aliphatic carbocycles. The van der Waals surface area contributed by atoms with Gasteiger partial charge in [0.25, 0.3) is 0 Å². The fourth-order valence-electron chi connectivity index (χ4n) is 3.05. The smallest absolute Gasteiger partial charge is 0.234 e. The number of nitrogens with zero attached hydrogens (tertiary/aromatic N) is 1. The summed E-state index contributed by atoms with van der Waals surface area (Å²) in [5, 5.41) is 3.18. The Bertz CT molecular complexity index is 482. The van der Waals surface area contributed by atoms with Crippen molar-refractivity contribution in [2.75, 3.05) is 26.7 Å². The summed E-state index contributed by atoms with van der Waals surface area (Å²) in [5.41, 5.74) is 1.19. The van der Waals surface area contributed by atoms with E-state index in [-0.39, 0.29) is 5.91 Å². The minimum Gasteiger partial charge on any atom is -0.492 e. The predicted octanol–water partition coefficient (Wildman–Crippen LogP) is 3.14. The summed E-state index contributed by atoms with van der Waals surface area (Å²) < 4.78 is 5.73. The van der Waals surface area contributed by atoms with Crippen LogP contribution >= 0.6 is 0 Å². The van der Waals surface area contributed by atoms with Gasteiger partial charge in [0, 0.05) is 12.6 Å². The predicted molar refractivity (Wildman–Crippen MR) is 93.8 cm³/mol. The molecule has 0 atom stereocenters. The average Bonchev–Trinajstić information content (AvgIpc) is 2.75. The second kappa shape index (κ2) is 9.56. The van der Waals surface area contributed by atoms with E-state index in [1.165, 1.54) is 31.2 Å². The number of aryl methyl sites for hydroxylation is 1. The van der Waals surface area contributed by atoms with Crippen molar-refractivity contribution in [1.29, 1.82) is 0 Å². The molecule has 1 N–H and O–H groups in total. The number of carbonyl (C=O) groups excluding carboxylic acids is 1. The van der Waals surface area contributed by atoms with E-state index in [1.807, 2.05) is 30.1 Å². The fourth-order valence-corrected chi connectivity index (χ4v) is 3.05. The Balaban J connectivity index is 1.63. The van der Waals surface area contributed by atoms with E-state index in [1.54, 1.807) is 0 Å². The van der Waals surface area contributed by atoms with E-state index in [4.69, 9.17) is 4.74 Å². The Morgan fingerprint density at radius 2 is 2.00 bits per heavy atom. The molecule has 1 fully saturated rings. The van der Waals surface area contributed by atoms with E-state index in [0.717, 1.165) is 25.1 Å². The van der Waals surface area contributed by atoms with Crippen LogP contribution in [0, 0.1) is 6.92 Å². The quantitative estimate of drug-likeness (QED) is 0.785. The lowest BCUT2D eigenvalue weighted by molar-refractivity contribution is -0.122. The highest BCUT2D eigenvalue weighted by Gasteiger charge is 2.15. The minimum atomic E-state index is 0.134. The van der Waals surface area contributed by atoms with Gasteiger partial charge in [-0.1, -0.05) is 37.8 Å². The van der Waals surface area contributed by atoms with Crippen molar-refractivity contribution in [2.24, 2.45) is 0 Å². The standard InChI is InChI=1S/C19H30N2O2/c1-16-8-7-11-18(14-16)23-13-12-21(2)15-19(22)20-17-9-5-3-4-6-10-17/h7-8,11,14,17H,3-6,9-10,12-13,15H2,1-2H3,(H,20,22). The molecule has 0 spiro atoms. The molecule has 0 unspecified atom stereocenters. The molecule has 1 amide bonds. The van der Waals surface area contributed by atoms with Gasteiger partial charge in [0.2, 0.25) is 5.91 Å². The third-order valence-corrected chi connectivity index (χ3v) is 4.37. The van der Waals surface area contributed by atoms with Crippen molar-refractivity contribution < 1.29 is 9.53 Å². The van der Waals surface area contributed by atoms with E-state index < -0.39 is 0 Å². The van der Waals surface area contributed by atoms with Crippen LogP contribution in [0.15, 0.2) is 24.3 Å². The van der Waals surface area contributed by atoms with Crippen molar-refractivity contribution in [3.63, 3.8) is 0 Å². The van der Waals surface area contributed by atoms with Crippen LogP contribution in [-0.2, 0) is 4.79 Å². The fraction of sp³-hybridized carbons (Fsp3) is 0.632. The van der Waals surface area contributed by atoms with Crippen LogP contribution in [0.25, 0.3) is 0 Å². The summed E-state index contributed by atoms with van der Waals surface area (Å²) in [5.74, 6) is 1.02. The largest absolute Gasteiger partial charge is 0.492 e. The van der Waals surface area contributed by atoms with Crippen molar-refractivity contribution in [1.82, 2.24) is 10.2 Å². The SMILES string of the molecule is Cc1cccc(OCCN(C)CC(=O)NC2CCCCCC2)c1. The van der Waals surface area contributed by atoms with Crippen molar-refractivity contribution in [3.05, 3.63) is 29.8 Å². The maximum Gasteiger partial charge on any atom is 0.234 e. The third-order valence-electron chi connectivity index (χ3n) is 4.37. The van der Waals surface area contributed by atoms with Crippen LogP contribution in [-0.4, -0.2) is 43.6 Å². The molecule has 0 saturated heterocycles. The highest BCUT2D eigenvalue weighted by atomic mass is 16.5. The van der Waals surface area contributed by atoms with Gasteiger partial charge in [0.15, 0.2) is 0 Å². The Morgan fingerprint density at radius 3 is 2.70 bits per heavy atom. The molecular formula is C19H30N2O2. The van der Waals surface area contributed by atoms with Crippen LogP contribution < -0.4 is 10.1 Å². The second-order valence-corrected chi connectivity index (χ2v) is 6.66. The topological polar surface area (TPSA) is 41.6 Å². The zero-order valence-corrected chi connectivity index (χ0v) is 14.5. The van der Waals surface area contributed by atoms with Crippen LogP contribution in [0.2, 0.25) is 0 Å². The first-order valence-electron chi connectivity index (χ1n) is 8.81. The van der Waals surface area contributed by atoms with Gasteiger partial charge in [-0.15, -0.1) is 0 Å². The molecule has 0 heterocycles. The molecule has 1 aliphatic rings. The number of amides is 1. The molecule has 1 saturated carbocycles. The highest BCUT2D eigenvalue weighted by Crippen LogP contribution is 2.17. The Morgan fingerprint density at radius 1 is 1.26 bits per heavy atom. The molecule has 1 aromatic carbocycles. The Kier molecular flexibility index (Phi) is 7.40. The lowest BCUT2D eigenvalue weighted by Gasteiger charge is -2.20. The number of benzene rings is 1. The first-order valence-corrected chi connectivity index (χ1v) is 8.81. The summed E-state index contributed by atoms with van der Waals surface area (Å²) in [6.07, 6.45) is 7.36. The number of likely N-dealkylation sites (N-methyl/N-ethyl adjacent to an activating group) is 1. The lowest BCUT2D eigenvalue weighted by atomic mass is 10.1. The van der Waals surface area contributed by atoms with Gasteiger partial charge >= 0.3 is 0 Å². The summed E-state index contributed by atoms with van der Waals surface area (Å²) in [6, 6.07) is 8.41. The van der Waals surface area contributed by atoms with Crippen molar-refractivity contribution >= 4 is 5.91 Å². The van der Waals surface area contributed by atoms with Crippen LogP contribution in [0.4, 0.5) is 0 Å². The third kappa shape index (κ3) is 7.04. The molecule has 1 aromatic rings. The van der Waals surface area contributed by atoms with E-state index >= 15 is 0 Å². The van der Waals surface area contributed by atoms with E-state index in [9.17, 15) is 4.79 Å². The molecule has 0 aliphatic heterocycles. The molecule has 128 valence electrons. The monoisotopic (exact) mass is 318 g/mol. The molecule has 0 radical (unpaired) electrons. The number of ether oxygens (including phenoxy) is 1. The normalized spacial score (nSPS) is 16.1.